The molecule has 0 bridgehead atoms. The molecule has 1 aliphatic carbocycles. The summed E-state index contributed by atoms with van der Waals surface area (Å²) in [5.74, 6) is -1.08. The van der Waals surface area contributed by atoms with Gasteiger partial charge in [0.2, 0.25) is 6.10 Å². The normalized spacial score (nSPS) is 18.8. The molecule has 0 unspecified atom stereocenters. The number of ketones is 2. The lowest BCUT2D eigenvalue weighted by molar-refractivity contribution is -0.164. The number of carbonyl (C=O) groups excluding carboxylic acids is 3. The standard InChI is InChI=1S/C10H14O4/c1-10(2,3)9(13)14-8-6(11)4-5-7(8)12/h8H,4-5H2,1-3H3. The predicted octanol–water partition coefficient (Wildman–Crippen LogP) is 0.876. The van der Waals surface area contributed by atoms with Crippen LogP contribution < -0.4 is 0 Å². The van der Waals surface area contributed by atoms with Crippen molar-refractivity contribution in [1.29, 1.82) is 0 Å². The first kappa shape index (κ1) is 10.9. The maximum atomic E-state index is 11.4. The molecule has 0 saturated heterocycles. The van der Waals surface area contributed by atoms with Crippen molar-refractivity contribution in [1.82, 2.24) is 0 Å². The Kier molecular flexibility index (Phi) is 2.73. The van der Waals surface area contributed by atoms with Crippen molar-refractivity contribution < 1.29 is 19.1 Å². The van der Waals surface area contributed by atoms with Crippen LogP contribution in [0.3, 0.4) is 0 Å². The van der Waals surface area contributed by atoms with Gasteiger partial charge < -0.3 is 4.74 Å². The van der Waals surface area contributed by atoms with Crippen LogP contribution in [-0.4, -0.2) is 23.6 Å². The van der Waals surface area contributed by atoms with Gasteiger partial charge in [-0.1, -0.05) is 0 Å². The van der Waals surface area contributed by atoms with Crippen LogP contribution in [0.1, 0.15) is 33.6 Å². The van der Waals surface area contributed by atoms with Crippen LogP contribution in [0.15, 0.2) is 0 Å². The van der Waals surface area contributed by atoms with Gasteiger partial charge in [-0.25, -0.2) is 0 Å². The molecule has 0 aromatic heterocycles. The second kappa shape index (κ2) is 3.52. The Hall–Kier alpha value is -1.19. The van der Waals surface area contributed by atoms with Gasteiger partial charge in [0.05, 0.1) is 5.41 Å². The van der Waals surface area contributed by atoms with E-state index in [9.17, 15) is 14.4 Å². The van der Waals surface area contributed by atoms with Crippen molar-refractivity contribution in [2.45, 2.75) is 39.7 Å². The Balaban J connectivity index is 2.65. The summed E-state index contributed by atoms with van der Waals surface area (Å²) in [6.07, 6.45) is -0.747. The van der Waals surface area contributed by atoms with Crippen LogP contribution in [0.2, 0.25) is 0 Å². The largest absolute Gasteiger partial charge is 0.446 e. The lowest BCUT2D eigenvalue weighted by Crippen LogP contribution is -2.33. The monoisotopic (exact) mass is 198 g/mol. The van der Waals surface area contributed by atoms with Gasteiger partial charge >= 0.3 is 5.97 Å². The molecule has 1 fully saturated rings. The van der Waals surface area contributed by atoms with Crippen LogP contribution in [0.4, 0.5) is 0 Å². The van der Waals surface area contributed by atoms with E-state index in [1.165, 1.54) is 0 Å². The van der Waals surface area contributed by atoms with Crippen molar-refractivity contribution in [2.24, 2.45) is 5.41 Å². The van der Waals surface area contributed by atoms with Crippen LogP contribution in [-0.2, 0) is 19.1 Å². The fraction of sp³-hybridized carbons (Fsp3) is 0.700. The zero-order chi connectivity index (χ0) is 10.9. The van der Waals surface area contributed by atoms with Gasteiger partial charge in [0.25, 0.3) is 0 Å². The second-order valence-electron chi connectivity index (χ2n) is 4.47. The highest BCUT2D eigenvalue weighted by molar-refractivity contribution is 6.12. The highest BCUT2D eigenvalue weighted by atomic mass is 16.6. The Morgan fingerprint density at radius 1 is 1.21 bits per heavy atom. The van der Waals surface area contributed by atoms with Crippen molar-refractivity contribution in [3.05, 3.63) is 0 Å². The van der Waals surface area contributed by atoms with E-state index in [4.69, 9.17) is 4.74 Å². The van der Waals surface area contributed by atoms with E-state index in [2.05, 4.69) is 0 Å². The predicted molar refractivity (Wildman–Crippen MR) is 48.6 cm³/mol. The van der Waals surface area contributed by atoms with E-state index in [1.54, 1.807) is 20.8 Å². The molecule has 78 valence electrons. The van der Waals surface area contributed by atoms with Crippen LogP contribution in [0.5, 0.6) is 0 Å². The molecular weight excluding hydrogens is 184 g/mol. The van der Waals surface area contributed by atoms with Crippen molar-refractivity contribution in [3.8, 4) is 0 Å². The maximum absolute atomic E-state index is 11.4. The Morgan fingerprint density at radius 2 is 1.64 bits per heavy atom. The molecular formula is C10H14O4. The minimum absolute atomic E-state index is 0.195. The summed E-state index contributed by atoms with van der Waals surface area (Å²) in [5, 5.41) is 0. The van der Waals surface area contributed by atoms with Gasteiger partial charge in [-0.3, -0.25) is 14.4 Å². The minimum atomic E-state index is -1.14. The molecule has 1 aliphatic rings. The molecule has 0 amide bonds. The third-order valence-electron chi connectivity index (χ3n) is 2.04. The van der Waals surface area contributed by atoms with Gasteiger partial charge in [-0.05, 0) is 20.8 Å². The first-order valence-corrected chi connectivity index (χ1v) is 4.59. The fourth-order valence-corrected chi connectivity index (χ4v) is 1.10. The molecule has 0 spiro atoms. The lowest BCUT2D eigenvalue weighted by atomic mass is 9.97. The quantitative estimate of drug-likeness (QED) is 0.463. The van der Waals surface area contributed by atoms with Gasteiger partial charge in [0.15, 0.2) is 11.6 Å². The van der Waals surface area contributed by atoms with Crippen LogP contribution in [0, 0.1) is 5.41 Å². The first-order chi connectivity index (χ1) is 6.32. The lowest BCUT2D eigenvalue weighted by Gasteiger charge is -2.18. The summed E-state index contributed by atoms with van der Waals surface area (Å²) in [7, 11) is 0. The Labute approximate surface area is 82.6 Å². The van der Waals surface area contributed by atoms with Gasteiger partial charge in [-0.15, -0.1) is 0 Å². The van der Waals surface area contributed by atoms with Gasteiger partial charge in [0.1, 0.15) is 0 Å². The van der Waals surface area contributed by atoms with E-state index in [0.29, 0.717) is 0 Å². The molecule has 0 radical (unpaired) electrons. The number of hydrogen-bond donors (Lipinski definition) is 0. The molecule has 0 heterocycles. The van der Waals surface area contributed by atoms with Crippen molar-refractivity contribution >= 4 is 17.5 Å². The SMILES string of the molecule is CC(C)(C)C(=O)OC1C(=O)CCC1=O. The first-order valence-electron chi connectivity index (χ1n) is 4.59. The van der Waals surface area contributed by atoms with E-state index in [1.807, 2.05) is 0 Å². The van der Waals surface area contributed by atoms with E-state index < -0.39 is 17.5 Å². The molecule has 14 heavy (non-hydrogen) atoms. The molecule has 0 N–H and O–H groups in total. The van der Waals surface area contributed by atoms with Gasteiger partial charge in [0, 0.05) is 12.8 Å². The fourth-order valence-electron chi connectivity index (χ4n) is 1.10. The molecule has 4 nitrogen and oxygen atoms in total. The second-order valence-corrected chi connectivity index (χ2v) is 4.47. The molecule has 1 saturated carbocycles. The summed E-state index contributed by atoms with van der Waals surface area (Å²) < 4.78 is 4.86. The number of Topliss-reactive ketones (excluding diaryl/α,β-unsaturated/α-hetero) is 2. The smallest absolute Gasteiger partial charge is 0.312 e. The Bertz CT molecular complexity index is 269. The zero-order valence-corrected chi connectivity index (χ0v) is 8.62. The van der Waals surface area contributed by atoms with Crippen LogP contribution in [0.25, 0.3) is 0 Å². The number of rotatable bonds is 1. The summed E-state index contributed by atoms with van der Waals surface area (Å²) >= 11 is 0. The highest BCUT2D eigenvalue weighted by Crippen LogP contribution is 2.20. The summed E-state index contributed by atoms with van der Waals surface area (Å²) in [6.45, 7) is 5.04. The molecule has 0 aromatic rings. The Morgan fingerprint density at radius 3 is 2.00 bits per heavy atom. The van der Waals surface area contributed by atoms with Crippen molar-refractivity contribution in [2.75, 3.05) is 0 Å². The average molecular weight is 198 g/mol. The molecule has 0 aliphatic heterocycles. The third-order valence-corrected chi connectivity index (χ3v) is 2.04. The average Bonchev–Trinajstić information content (AvgIpc) is 2.34. The van der Waals surface area contributed by atoms with E-state index in [0.717, 1.165) is 0 Å². The molecule has 4 heteroatoms. The van der Waals surface area contributed by atoms with E-state index >= 15 is 0 Å². The maximum Gasteiger partial charge on any atom is 0.312 e. The topological polar surface area (TPSA) is 60.4 Å². The summed E-state index contributed by atoms with van der Waals surface area (Å²) in [4.78, 5) is 33.7. The summed E-state index contributed by atoms with van der Waals surface area (Å²) in [6, 6.07) is 0. The van der Waals surface area contributed by atoms with Gasteiger partial charge in [-0.2, -0.15) is 0 Å². The highest BCUT2D eigenvalue weighted by Gasteiger charge is 2.38. The molecule has 1 rings (SSSR count). The molecule has 0 atom stereocenters. The van der Waals surface area contributed by atoms with E-state index in [-0.39, 0.29) is 24.4 Å². The number of hydrogen-bond acceptors (Lipinski definition) is 4. The number of esters is 1. The van der Waals surface area contributed by atoms with Crippen molar-refractivity contribution in [3.63, 3.8) is 0 Å². The minimum Gasteiger partial charge on any atom is -0.446 e. The number of ether oxygens (including phenoxy) is 1. The summed E-state index contributed by atoms with van der Waals surface area (Å²) in [5.41, 5.74) is -0.677. The zero-order valence-electron chi connectivity index (χ0n) is 8.62. The van der Waals surface area contributed by atoms with Crippen LogP contribution >= 0.6 is 0 Å². The third kappa shape index (κ3) is 2.19. The number of carbonyl (C=O) groups is 3. The molecule has 0 aromatic carbocycles.